The summed E-state index contributed by atoms with van der Waals surface area (Å²) in [6.07, 6.45) is -4.50. The van der Waals surface area contributed by atoms with Crippen molar-refractivity contribution in [2.45, 2.75) is 19.6 Å². The standard InChI is InChI=1S/C17H17F3N2O/c1-12-5-4-6-13(9-12)10-21-11-16(23)22-15-8-3-2-7-14(15)17(18,19)20/h2-9,21H,10-11H2,1H3,(H,22,23). The Labute approximate surface area is 132 Å². The van der Waals surface area contributed by atoms with Gasteiger partial charge in [0, 0.05) is 6.54 Å². The molecule has 0 radical (unpaired) electrons. The fourth-order valence-electron chi connectivity index (χ4n) is 2.18. The van der Waals surface area contributed by atoms with E-state index in [4.69, 9.17) is 0 Å². The van der Waals surface area contributed by atoms with Crippen LogP contribution in [0.5, 0.6) is 0 Å². The summed E-state index contributed by atoms with van der Waals surface area (Å²) in [4.78, 5) is 11.8. The average molecular weight is 322 g/mol. The molecule has 0 unspecified atom stereocenters. The van der Waals surface area contributed by atoms with E-state index < -0.39 is 17.6 Å². The lowest BCUT2D eigenvalue weighted by Gasteiger charge is -2.13. The van der Waals surface area contributed by atoms with Crippen molar-refractivity contribution in [1.29, 1.82) is 0 Å². The molecule has 23 heavy (non-hydrogen) atoms. The topological polar surface area (TPSA) is 41.1 Å². The van der Waals surface area contributed by atoms with Crippen molar-refractivity contribution in [2.24, 2.45) is 0 Å². The first-order chi connectivity index (χ1) is 10.9. The minimum Gasteiger partial charge on any atom is -0.324 e. The maximum Gasteiger partial charge on any atom is 0.418 e. The molecule has 0 bridgehead atoms. The quantitative estimate of drug-likeness (QED) is 0.880. The third-order valence-electron chi connectivity index (χ3n) is 3.20. The highest BCUT2D eigenvalue weighted by molar-refractivity contribution is 5.93. The molecule has 1 amide bonds. The molecule has 3 nitrogen and oxygen atoms in total. The molecule has 2 aromatic rings. The summed E-state index contributed by atoms with van der Waals surface area (Å²) in [6, 6.07) is 12.7. The molecule has 0 fully saturated rings. The lowest BCUT2D eigenvalue weighted by atomic mass is 10.1. The average Bonchev–Trinajstić information content (AvgIpc) is 2.47. The zero-order valence-corrected chi connectivity index (χ0v) is 12.6. The van der Waals surface area contributed by atoms with Gasteiger partial charge in [0.1, 0.15) is 0 Å². The van der Waals surface area contributed by atoms with Crippen LogP contribution in [-0.2, 0) is 17.5 Å². The van der Waals surface area contributed by atoms with Gasteiger partial charge in [-0.05, 0) is 24.6 Å². The van der Waals surface area contributed by atoms with E-state index in [1.807, 2.05) is 31.2 Å². The highest BCUT2D eigenvalue weighted by Crippen LogP contribution is 2.34. The maximum absolute atomic E-state index is 12.8. The van der Waals surface area contributed by atoms with E-state index >= 15 is 0 Å². The summed E-state index contributed by atoms with van der Waals surface area (Å²) in [5, 5.41) is 5.21. The third kappa shape index (κ3) is 5.10. The number of amides is 1. The molecule has 0 atom stereocenters. The summed E-state index contributed by atoms with van der Waals surface area (Å²) in [6.45, 7) is 2.36. The molecule has 6 heteroatoms. The van der Waals surface area contributed by atoms with Crippen molar-refractivity contribution in [1.82, 2.24) is 5.32 Å². The van der Waals surface area contributed by atoms with Crippen molar-refractivity contribution < 1.29 is 18.0 Å². The van der Waals surface area contributed by atoms with Crippen LogP contribution in [0.3, 0.4) is 0 Å². The minimum absolute atomic E-state index is 0.0693. The Morgan fingerprint density at radius 2 is 1.83 bits per heavy atom. The van der Waals surface area contributed by atoms with E-state index in [0.29, 0.717) is 6.54 Å². The smallest absolute Gasteiger partial charge is 0.324 e. The summed E-state index contributed by atoms with van der Waals surface area (Å²) in [7, 11) is 0. The second kappa shape index (κ2) is 7.28. The van der Waals surface area contributed by atoms with Gasteiger partial charge in [0.15, 0.2) is 0 Å². The summed E-state index contributed by atoms with van der Waals surface area (Å²) in [5.41, 5.74) is 1.02. The number of halogens is 3. The second-order valence-electron chi connectivity index (χ2n) is 5.18. The normalized spacial score (nSPS) is 11.3. The van der Waals surface area contributed by atoms with Gasteiger partial charge in [-0.25, -0.2) is 0 Å². The molecule has 0 aliphatic rings. The lowest BCUT2D eigenvalue weighted by molar-refractivity contribution is -0.137. The van der Waals surface area contributed by atoms with E-state index in [1.54, 1.807) is 0 Å². The summed E-state index contributed by atoms with van der Waals surface area (Å²) >= 11 is 0. The van der Waals surface area contributed by atoms with Crippen LogP contribution < -0.4 is 10.6 Å². The predicted octanol–water partition coefficient (Wildman–Crippen LogP) is 3.74. The Balaban J connectivity index is 1.91. The second-order valence-corrected chi connectivity index (χ2v) is 5.18. The largest absolute Gasteiger partial charge is 0.418 e. The molecule has 2 aromatic carbocycles. The van der Waals surface area contributed by atoms with Gasteiger partial charge < -0.3 is 10.6 Å². The lowest BCUT2D eigenvalue weighted by Crippen LogP contribution is -2.28. The predicted molar refractivity (Wildman–Crippen MR) is 83.0 cm³/mol. The van der Waals surface area contributed by atoms with Crippen LogP contribution in [0.25, 0.3) is 0 Å². The number of alkyl halides is 3. The van der Waals surface area contributed by atoms with Crippen molar-refractivity contribution in [3.63, 3.8) is 0 Å². The maximum atomic E-state index is 12.8. The molecule has 0 heterocycles. The molecule has 0 aliphatic carbocycles. The van der Waals surface area contributed by atoms with Gasteiger partial charge in [0.25, 0.3) is 0 Å². The number of anilines is 1. The number of hydrogen-bond acceptors (Lipinski definition) is 2. The molecule has 2 rings (SSSR count). The number of hydrogen-bond donors (Lipinski definition) is 2. The molecule has 0 saturated carbocycles. The van der Waals surface area contributed by atoms with E-state index in [9.17, 15) is 18.0 Å². The van der Waals surface area contributed by atoms with Gasteiger partial charge in [-0.3, -0.25) is 4.79 Å². The van der Waals surface area contributed by atoms with Gasteiger partial charge in [-0.15, -0.1) is 0 Å². The number of para-hydroxylation sites is 1. The highest BCUT2D eigenvalue weighted by atomic mass is 19.4. The SMILES string of the molecule is Cc1cccc(CNCC(=O)Nc2ccccc2C(F)(F)F)c1. The molecule has 0 aliphatic heterocycles. The van der Waals surface area contributed by atoms with E-state index in [1.165, 1.54) is 18.2 Å². The zero-order valence-electron chi connectivity index (χ0n) is 12.6. The Morgan fingerprint density at radius 3 is 2.52 bits per heavy atom. The fraction of sp³-hybridized carbons (Fsp3) is 0.235. The first-order valence-corrected chi connectivity index (χ1v) is 7.08. The molecular weight excluding hydrogens is 305 g/mol. The van der Waals surface area contributed by atoms with Crippen LogP contribution in [0.4, 0.5) is 18.9 Å². The van der Waals surface area contributed by atoms with Crippen LogP contribution in [0, 0.1) is 6.92 Å². The van der Waals surface area contributed by atoms with Crippen molar-refractivity contribution in [3.8, 4) is 0 Å². The Bertz CT molecular complexity index is 684. The van der Waals surface area contributed by atoms with E-state index in [2.05, 4.69) is 10.6 Å². The van der Waals surface area contributed by atoms with Gasteiger partial charge in [0.05, 0.1) is 17.8 Å². The van der Waals surface area contributed by atoms with Crippen LogP contribution in [0.15, 0.2) is 48.5 Å². The fourth-order valence-corrected chi connectivity index (χ4v) is 2.18. The monoisotopic (exact) mass is 322 g/mol. The van der Waals surface area contributed by atoms with Crippen LogP contribution in [0.2, 0.25) is 0 Å². The molecule has 122 valence electrons. The first-order valence-electron chi connectivity index (χ1n) is 7.08. The number of carbonyl (C=O) groups excluding carboxylic acids is 1. The van der Waals surface area contributed by atoms with Gasteiger partial charge >= 0.3 is 6.18 Å². The minimum atomic E-state index is -4.50. The number of rotatable bonds is 5. The molecule has 0 saturated heterocycles. The Morgan fingerprint density at radius 1 is 1.09 bits per heavy atom. The molecule has 2 N–H and O–H groups in total. The van der Waals surface area contributed by atoms with Crippen molar-refractivity contribution >= 4 is 11.6 Å². The molecule has 0 aromatic heterocycles. The number of carbonyl (C=O) groups is 1. The van der Waals surface area contributed by atoms with Gasteiger partial charge in [-0.2, -0.15) is 13.2 Å². The summed E-state index contributed by atoms with van der Waals surface area (Å²) in [5.74, 6) is -0.519. The zero-order chi connectivity index (χ0) is 16.9. The third-order valence-corrected chi connectivity index (χ3v) is 3.20. The van der Waals surface area contributed by atoms with Crippen LogP contribution >= 0.6 is 0 Å². The van der Waals surface area contributed by atoms with Crippen LogP contribution in [0.1, 0.15) is 16.7 Å². The number of benzene rings is 2. The van der Waals surface area contributed by atoms with E-state index in [-0.39, 0.29) is 12.2 Å². The van der Waals surface area contributed by atoms with Crippen LogP contribution in [-0.4, -0.2) is 12.5 Å². The van der Waals surface area contributed by atoms with E-state index in [0.717, 1.165) is 17.2 Å². The van der Waals surface area contributed by atoms with Gasteiger partial charge in [0.2, 0.25) is 5.91 Å². The Hall–Kier alpha value is -2.34. The molecular formula is C17H17F3N2O. The number of nitrogens with one attached hydrogen (secondary N) is 2. The van der Waals surface area contributed by atoms with Crippen molar-refractivity contribution in [3.05, 3.63) is 65.2 Å². The van der Waals surface area contributed by atoms with Gasteiger partial charge in [-0.1, -0.05) is 42.0 Å². The highest BCUT2D eigenvalue weighted by Gasteiger charge is 2.33. The number of aryl methyl sites for hydroxylation is 1. The first kappa shape index (κ1) is 17.0. The van der Waals surface area contributed by atoms with Crippen molar-refractivity contribution in [2.75, 3.05) is 11.9 Å². The summed E-state index contributed by atoms with van der Waals surface area (Å²) < 4.78 is 38.5. The molecule has 0 spiro atoms. The Kier molecular flexibility index (Phi) is 5.39.